The van der Waals surface area contributed by atoms with E-state index in [-0.39, 0.29) is 24.6 Å². The molecule has 0 amide bonds. The van der Waals surface area contributed by atoms with E-state index in [1.54, 1.807) is 0 Å². The van der Waals surface area contributed by atoms with Crippen molar-refractivity contribution in [1.82, 2.24) is 15.0 Å². The van der Waals surface area contributed by atoms with Gasteiger partial charge in [-0.25, -0.2) is 15.0 Å². The molecule has 0 fully saturated rings. The fraction of sp³-hybridized carbons (Fsp3) is 0.542. The first-order valence-electron chi connectivity index (χ1n) is 11.5. The second-order valence-electron chi connectivity index (χ2n) is 8.10. The molecule has 32 heavy (non-hydrogen) atoms. The number of aliphatic carboxylic acids is 1. The molecule has 3 heterocycles. The number of carbonyl (C=O) groups excluding carboxylic acids is 1. The van der Waals surface area contributed by atoms with E-state index < -0.39 is 11.9 Å². The highest BCUT2D eigenvalue weighted by molar-refractivity contribution is 5.80. The number of hydrogen-bond acceptors (Lipinski definition) is 7. The van der Waals surface area contributed by atoms with Gasteiger partial charge in [-0.15, -0.1) is 0 Å². The van der Waals surface area contributed by atoms with Crippen molar-refractivity contribution < 1.29 is 19.4 Å². The van der Waals surface area contributed by atoms with Gasteiger partial charge in [0.2, 0.25) is 0 Å². The van der Waals surface area contributed by atoms with E-state index in [4.69, 9.17) is 9.72 Å². The first-order valence-corrected chi connectivity index (χ1v) is 11.5. The quantitative estimate of drug-likeness (QED) is 0.477. The summed E-state index contributed by atoms with van der Waals surface area (Å²) in [6.45, 7) is 3.23. The summed E-state index contributed by atoms with van der Waals surface area (Å²) in [6.07, 6.45) is 9.77. The van der Waals surface area contributed by atoms with Crippen LogP contribution in [0.4, 0.5) is 5.82 Å². The van der Waals surface area contributed by atoms with Crippen molar-refractivity contribution in [3.05, 3.63) is 41.3 Å². The molecule has 0 aromatic carbocycles. The number of aromatic nitrogens is 3. The summed E-state index contributed by atoms with van der Waals surface area (Å²) in [4.78, 5) is 36.8. The second-order valence-corrected chi connectivity index (χ2v) is 8.10. The standard InChI is InChI=1S/C24H32N4O4/c1-2-32-24-26-15-18(16-27-24)21(23(30)31)13-12-20(29)9-4-3-8-19-11-10-17-7-5-6-14-25-22(17)28-19/h10-11,15-16,21H,2-9,12-14H2,1H3,(H,25,28)(H,30,31)/t21-/m1/s1. The Bertz CT molecular complexity index is 901. The molecule has 172 valence electrons. The Morgan fingerprint density at radius 3 is 2.72 bits per heavy atom. The average Bonchev–Trinajstić information content (AvgIpc) is 3.03. The molecule has 1 aliphatic heterocycles. The number of hydrogen-bond donors (Lipinski definition) is 2. The Balaban J connectivity index is 1.41. The third kappa shape index (κ3) is 7.00. The third-order valence-corrected chi connectivity index (χ3v) is 5.67. The minimum absolute atomic E-state index is 0.0830. The number of nitrogens with one attached hydrogen (secondary N) is 1. The average molecular weight is 441 g/mol. The molecule has 0 bridgehead atoms. The summed E-state index contributed by atoms with van der Waals surface area (Å²) < 4.78 is 5.19. The molecule has 0 radical (unpaired) electrons. The van der Waals surface area contributed by atoms with E-state index in [9.17, 15) is 14.7 Å². The lowest BCUT2D eigenvalue weighted by Gasteiger charge is -2.12. The molecule has 0 saturated heterocycles. The molecule has 2 N–H and O–H groups in total. The summed E-state index contributed by atoms with van der Waals surface area (Å²) in [5.41, 5.74) is 2.82. The molecule has 2 aromatic heterocycles. The molecule has 1 atom stereocenters. The zero-order valence-corrected chi connectivity index (χ0v) is 18.7. The fourth-order valence-electron chi connectivity index (χ4n) is 3.87. The van der Waals surface area contributed by atoms with Gasteiger partial charge < -0.3 is 15.2 Å². The number of anilines is 1. The van der Waals surface area contributed by atoms with Gasteiger partial charge in [0.05, 0.1) is 12.5 Å². The van der Waals surface area contributed by atoms with Crippen molar-refractivity contribution >= 4 is 17.6 Å². The van der Waals surface area contributed by atoms with Gasteiger partial charge in [-0.05, 0) is 63.5 Å². The van der Waals surface area contributed by atoms with Crippen LogP contribution in [0, 0.1) is 0 Å². The number of carboxylic acids is 1. The largest absolute Gasteiger partial charge is 0.481 e. The number of Topliss-reactive ketones (excluding diaryl/α,β-unsaturated/α-hetero) is 1. The molecule has 8 nitrogen and oxygen atoms in total. The highest BCUT2D eigenvalue weighted by Crippen LogP contribution is 2.23. The minimum atomic E-state index is -0.978. The minimum Gasteiger partial charge on any atom is -0.481 e. The van der Waals surface area contributed by atoms with Gasteiger partial charge in [0.1, 0.15) is 11.6 Å². The summed E-state index contributed by atoms with van der Waals surface area (Å²) in [5, 5.41) is 12.9. The molecule has 0 spiro atoms. The number of ether oxygens (including phenoxy) is 1. The van der Waals surface area contributed by atoms with Gasteiger partial charge in [-0.2, -0.15) is 0 Å². The SMILES string of the molecule is CCOc1ncc([C@@H](CCC(=O)CCCCc2ccc3c(n2)NCCCC3)C(=O)O)cn1. The Morgan fingerprint density at radius 1 is 1.16 bits per heavy atom. The highest BCUT2D eigenvalue weighted by Gasteiger charge is 2.22. The Hall–Kier alpha value is -3.03. The van der Waals surface area contributed by atoms with E-state index in [0.717, 1.165) is 43.7 Å². The number of carboxylic acid groups (broad SMARTS) is 1. The summed E-state index contributed by atoms with van der Waals surface area (Å²) >= 11 is 0. The number of nitrogens with zero attached hydrogens (tertiary/aromatic N) is 3. The fourth-order valence-corrected chi connectivity index (χ4v) is 3.87. The first kappa shape index (κ1) is 23.6. The number of pyridine rings is 1. The number of aryl methyl sites for hydroxylation is 2. The van der Waals surface area contributed by atoms with E-state index in [1.165, 1.54) is 30.8 Å². The molecular formula is C24H32N4O4. The Labute approximate surface area is 188 Å². The lowest BCUT2D eigenvalue weighted by atomic mass is 9.94. The van der Waals surface area contributed by atoms with Crippen LogP contribution in [0.15, 0.2) is 24.5 Å². The smallest absolute Gasteiger partial charge is 0.316 e. The van der Waals surface area contributed by atoms with Gasteiger partial charge in [0.15, 0.2) is 0 Å². The molecule has 8 heteroatoms. The van der Waals surface area contributed by atoms with E-state index >= 15 is 0 Å². The predicted octanol–water partition coefficient (Wildman–Crippen LogP) is 3.95. The molecule has 2 aromatic rings. The highest BCUT2D eigenvalue weighted by atomic mass is 16.5. The third-order valence-electron chi connectivity index (χ3n) is 5.67. The molecule has 0 aliphatic carbocycles. The van der Waals surface area contributed by atoms with Gasteiger partial charge in [-0.3, -0.25) is 9.59 Å². The first-order chi connectivity index (χ1) is 15.6. The van der Waals surface area contributed by atoms with Crippen LogP contribution in [0.1, 0.15) is 74.6 Å². The van der Waals surface area contributed by atoms with Gasteiger partial charge in [0, 0.05) is 43.0 Å². The number of fused-ring (bicyclic) bond motifs is 1. The Morgan fingerprint density at radius 2 is 1.97 bits per heavy atom. The van der Waals surface area contributed by atoms with Crippen LogP contribution in [-0.2, 0) is 22.4 Å². The van der Waals surface area contributed by atoms with Crippen LogP contribution in [0.2, 0.25) is 0 Å². The lowest BCUT2D eigenvalue weighted by molar-refractivity contribution is -0.139. The van der Waals surface area contributed by atoms with E-state index in [1.807, 2.05) is 6.92 Å². The van der Waals surface area contributed by atoms with Gasteiger partial charge in [0.25, 0.3) is 0 Å². The summed E-state index contributed by atoms with van der Waals surface area (Å²) in [6, 6.07) is 4.47. The maximum Gasteiger partial charge on any atom is 0.316 e. The maximum atomic E-state index is 12.3. The topological polar surface area (TPSA) is 114 Å². The normalized spacial score (nSPS) is 14.0. The van der Waals surface area contributed by atoms with Crippen LogP contribution < -0.4 is 10.1 Å². The van der Waals surface area contributed by atoms with Crippen LogP contribution in [0.25, 0.3) is 0 Å². The van der Waals surface area contributed by atoms with Crippen molar-refractivity contribution in [3.8, 4) is 6.01 Å². The zero-order chi connectivity index (χ0) is 22.8. The van der Waals surface area contributed by atoms with Gasteiger partial charge in [-0.1, -0.05) is 6.07 Å². The zero-order valence-electron chi connectivity index (χ0n) is 18.7. The Kier molecular flexibility index (Phi) is 8.95. The second kappa shape index (κ2) is 12.1. The summed E-state index contributed by atoms with van der Waals surface area (Å²) in [7, 11) is 0. The van der Waals surface area contributed by atoms with Crippen LogP contribution in [0.3, 0.4) is 0 Å². The van der Waals surface area contributed by atoms with Crippen molar-refractivity contribution in [2.24, 2.45) is 0 Å². The molecule has 3 rings (SSSR count). The van der Waals surface area contributed by atoms with Gasteiger partial charge >= 0.3 is 12.0 Å². The van der Waals surface area contributed by atoms with Crippen LogP contribution >= 0.6 is 0 Å². The molecule has 1 aliphatic rings. The monoisotopic (exact) mass is 440 g/mol. The molecule has 0 unspecified atom stereocenters. The predicted molar refractivity (Wildman–Crippen MR) is 121 cm³/mol. The number of ketones is 1. The number of carbonyl (C=O) groups is 2. The number of rotatable bonds is 12. The van der Waals surface area contributed by atoms with Crippen molar-refractivity contribution in [2.45, 2.75) is 70.6 Å². The number of unbranched alkanes of at least 4 members (excludes halogenated alkanes) is 1. The van der Waals surface area contributed by atoms with Crippen LogP contribution in [0.5, 0.6) is 6.01 Å². The van der Waals surface area contributed by atoms with E-state index in [0.29, 0.717) is 18.6 Å². The van der Waals surface area contributed by atoms with Crippen molar-refractivity contribution in [3.63, 3.8) is 0 Å². The molecule has 0 saturated carbocycles. The van der Waals surface area contributed by atoms with Crippen molar-refractivity contribution in [2.75, 3.05) is 18.5 Å². The summed E-state index contributed by atoms with van der Waals surface area (Å²) in [5.74, 6) is -0.687. The maximum absolute atomic E-state index is 12.3. The molecular weight excluding hydrogens is 408 g/mol. The van der Waals surface area contributed by atoms with E-state index in [2.05, 4.69) is 27.4 Å². The van der Waals surface area contributed by atoms with Crippen LogP contribution in [-0.4, -0.2) is 45.0 Å². The van der Waals surface area contributed by atoms with Crippen molar-refractivity contribution in [1.29, 1.82) is 0 Å². The lowest BCUT2D eigenvalue weighted by Crippen LogP contribution is -2.14.